The van der Waals surface area contributed by atoms with Gasteiger partial charge in [0.05, 0.1) is 6.61 Å². The van der Waals surface area contributed by atoms with Crippen molar-refractivity contribution in [3.8, 4) is 0 Å². The van der Waals surface area contributed by atoms with E-state index in [1.54, 1.807) is 0 Å². The SMILES string of the molecule is CCCCOC[C@H]1OC(OC)[C@@H](OP(=O)(O)CO)[C@H](OP(=O)(O)CO)[C@@H]1OP(=O)(O)CO. The van der Waals surface area contributed by atoms with Crippen molar-refractivity contribution in [2.24, 2.45) is 0 Å². The van der Waals surface area contributed by atoms with Crippen LogP contribution in [0.5, 0.6) is 0 Å². The number of aliphatic hydroxyl groups is 3. The Kier molecular flexibility index (Phi) is 12.6. The Morgan fingerprint density at radius 3 is 1.72 bits per heavy atom. The van der Waals surface area contributed by atoms with Crippen molar-refractivity contribution < 1.29 is 71.5 Å². The molecule has 0 bridgehead atoms. The van der Waals surface area contributed by atoms with Gasteiger partial charge in [-0.2, -0.15) is 0 Å². The van der Waals surface area contributed by atoms with Gasteiger partial charge in [-0.1, -0.05) is 13.3 Å². The van der Waals surface area contributed by atoms with Gasteiger partial charge in [0, 0.05) is 13.7 Å². The van der Waals surface area contributed by atoms with Gasteiger partial charge >= 0.3 is 22.8 Å². The van der Waals surface area contributed by atoms with E-state index in [2.05, 4.69) is 0 Å². The molecule has 18 heteroatoms. The molecule has 8 atom stereocenters. The van der Waals surface area contributed by atoms with Gasteiger partial charge in [-0.3, -0.25) is 27.3 Å². The lowest BCUT2D eigenvalue weighted by Gasteiger charge is -2.45. The van der Waals surface area contributed by atoms with Crippen molar-refractivity contribution in [3.05, 3.63) is 0 Å². The number of hydrogen-bond donors (Lipinski definition) is 6. The van der Waals surface area contributed by atoms with Crippen LogP contribution in [0.1, 0.15) is 19.8 Å². The fourth-order valence-corrected chi connectivity index (χ4v) is 4.73. The third kappa shape index (κ3) is 9.46. The molecule has 1 saturated heterocycles. The minimum atomic E-state index is -4.79. The smallest absolute Gasteiger partial charge is 0.353 e. The molecule has 1 aliphatic heterocycles. The molecule has 1 rings (SSSR count). The standard InChI is InChI=1S/C14H31O15P3/c1-3-4-5-25-6-10-11(27-30(18,19)7-15)12(28-31(20,21)8-16)13(14(24-2)26-10)29-32(22,23)9-17/h10-17H,3-9H2,1-2H3,(H,18,19)(H,20,21)(H,22,23)/t10-,11-,12-,13+,14?/m1/s1. The molecular formula is C14H31O15P3. The molecule has 1 fully saturated rings. The van der Waals surface area contributed by atoms with Gasteiger partial charge in [-0.25, -0.2) is 0 Å². The largest absolute Gasteiger partial charge is 0.384 e. The van der Waals surface area contributed by atoms with Gasteiger partial charge in [0.15, 0.2) is 6.29 Å². The molecule has 32 heavy (non-hydrogen) atoms. The van der Waals surface area contributed by atoms with E-state index in [4.69, 9.17) is 43.1 Å². The van der Waals surface area contributed by atoms with Crippen LogP contribution in [0.2, 0.25) is 0 Å². The summed E-state index contributed by atoms with van der Waals surface area (Å²) in [5.74, 6) is 0. The number of ether oxygens (including phenoxy) is 3. The molecule has 0 aromatic rings. The summed E-state index contributed by atoms with van der Waals surface area (Å²) in [6.45, 7) is 1.87. The number of aliphatic hydroxyl groups excluding tert-OH is 3. The van der Waals surface area contributed by atoms with Crippen molar-refractivity contribution >= 4 is 22.8 Å². The maximum absolute atomic E-state index is 12.1. The molecule has 0 aliphatic carbocycles. The van der Waals surface area contributed by atoms with Crippen LogP contribution in [0.4, 0.5) is 0 Å². The first kappa shape index (κ1) is 30.2. The molecule has 15 nitrogen and oxygen atoms in total. The van der Waals surface area contributed by atoms with Gasteiger partial charge in [0.25, 0.3) is 0 Å². The summed E-state index contributed by atoms with van der Waals surface area (Å²) >= 11 is 0. The summed E-state index contributed by atoms with van der Waals surface area (Å²) < 4.78 is 67.2. The fourth-order valence-electron chi connectivity index (χ4n) is 2.68. The van der Waals surface area contributed by atoms with Crippen LogP contribution in [0.15, 0.2) is 0 Å². The highest BCUT2D eigenvalue weighted by Crippen LogP contribution is 2.52. The van der Waals surface area contributed by atoms with E-state index < -0.39 is 72.5 Å². The van der Waals surface area contributed by atoms with E-state index in [0.29, 0.717) is 6.42 Å². The molecule has 4 unspecified atom stereocenters. The molecule has 0 aromatic heterocycles. The lowest BCUT2D eigenvalue weighted by atomic mass is 9.99. The Morgan fingerprint density at radius 1 is 0.812 bits per heavy atom. The van der Waals surface area contributed by atoms with Crippen molar-refractivity contribution in [2.75, 3.05) is 39.4 Å². The Balaban J connectivity index is 3.41. The van der Waals surface area contributed by atoms with Gasteiger partial charge in [0.2, 0.25) is 0 Å². The van der Waals surface area contributed by atoms with Crippen molar-refractivity contribution in [1.82, 2.24) is 0 Å². The van der Waals surface area contributed by atoms with Crippen LogP contribution >= 0.6 is 22.8 Å². The number of rotatable bonds is 15. The van der Waals surface area contributed by atoms with E-state index >= 15 is 0 Å². The van der Waals surface area contributed by atoms with E-state index in [-0.39, 0.29) is 13.2 Å². The predicted octanol–water partition coefficient (Wildman–Crippen LogP) is -0.264. The Labute approximate surface area is 184 Å². The molecule has 0 radical (unpaired) electrons. The van der Waals surface area contributed by atoms with Crippen LogP contribution in [0, 0.1) is 0 Å². The third-order valence-corrected chi connectivity index (χ3v) is 6.93. The van der Waals surface area contributed by atoms with E-state index in [1.165, 1.54) is 0 Å². The lowest BCUT2D eigenvalue weighted by molar-refractivity contribution is -0.284. The summed E-state index contributed by atoms with van der Waals surface area (Å²) in [6.07, 6.45) is -11.0. The fraction of sp³-hybridized carbons (Fsp3) is 1.00. The maximum Gasteiger partial charge on any atom is 0.353 e. The molecular weight excluding hydrogens is 501 g/mol. The van der Waals surface area contributed by atoms with Crippen LogP contribution in [0.25, 0.3) is 0 Å². The predicted molar refractivity (Wildman–Crippen MR) is 107 cm³/mol. The van der Waals surface area contributed by atoms with Crippen molar-refractivity contribution in [2.45, 2.75) is 50.5 Å². The first-order valence-electron chi connectivity index (χ1n) is 9.44. The summed E-state index contributed by atoms with van der Waals surface area (Å²) in [4.78, 5) is 29.3. The summed E-state index contributed by atoms with van der Waals surface area (Å²) in [6, 6.07) is 0. The van der Waals surface area contributed by atoms with E-state index in [0.717, 1.165) is 13.5 Å². The highest BCUT2D eigenvalue weighted by Gasteiger charge is 2.54. The zero-order valence-corrected chi connectivity index (χ0v) is 20.2. The average molecular weight is 532 g/mol. The average Bonchev–Trinajstić information content (AvgIpc) is 2.74. The second-order valence-electron chi connectivity index (χ2n) is 6.75. The van der Waals surface area contributed by atoms with E-state index in [9.17, 15) is 28.4 Å². The Morgan fingerprint density at radius 2 is 1.28 bits per heavy atom. The van der Waals surface area contributed by atoms with Crippen molar-refractivity contribution in [3.63, 3.8) is 0 Å². The van der Waals surface area contributed by atoms with Gasteiger partial charge in [0.1, 0.15) is 43.5 Å². The van der Waals surface area contributed by atoms with Crippen LogP contribution in [-0.4, -0.2) is 100 Å². The second-order valence-corrected chi connectivity index (χ2v) is 12.1. The Hall–Kier alpha value is 0.210. The number of unbranched alkanes of at least 4 members (excludes halogenated alkanes) is 1. The maximum atomic E-state index is 12.1. The minimum Gasteiger partial charge on any atom is -0.384 e. The summed E-state index contributed by atoms with van der Waals surface area (Å²) in [5.41, 5.74) is 0. The van der Waals surface area contributed by atoms with Crippen molar-refractivity contribution in [1.29, 1.82) is 0 Å². The quantitative estimate of drug-likeness (QED) is 0.118. The summed E-state index contributed by atoms with van der Waals surface area (Å²) in [5, 5.41) is 27.4. The number of methoxy groups -OCH3 is 1. The Bertz CT molecular complexity index is 705. The normalized spacial score (nSPS) is 32.1. The highest BCUT2D eigenvalue weighted by atomic mass is 31.2. The summed E-state index contributed by atoms with van der Waals surface area (Å²) in [7, 11) is -13.1. The molecule has 192 valence electrons. The van der Waals surface area contributed by atoms with Crippen LogP contribution < -0.4 is 0 Å². The minimum absolute atomic E-state index is 0.258. The molecule has 1 aliphatic rings. The topological polar surface area (TPSA) is 228 Å². The van der Waals surface area contributed by atoms with Gasteiger partial charge in [-0.15, -0.1) is 0 Å². The highest BCUT2D eigenvalue weighted by molar-refractivity contribution is 7.53. The molecule has 0 aromatic carbocycles. The third-order valence-electron chi connectivity index (χ3n) is 4.14. The lowest BCUT2D eigenvalue weighted by Crippen LogP contribution is -2.61. The first-order chi connectivity index (χ1) is 14.8. The van der Waals surface area contributed by atoms with Gasteiger partial charge < -0.3 is 44.2 Å². The molecule has 1 heterocycles. The molecule has 0 saturated carbocycles. The zero-order chi connectivity index (χ0) is 24.6. The van der Waals surface area contributed by atoms with Gasteiger partial charge in [-0.05, 0) is 6.42 Å². The molecule has 0 spiro atoms. The van der Waals surface area contributed by atoms with Crippen LogP contribution in [0.3, 0.4) is 0 Å². The zero-order valence-electron chi connectivity index (χ0n) is 17.5. The molecule has 0 amide bonds. The molecule has 6 N–H and O–H groups in total. The van der Waals surface area contributed by atoms with Crippen LogP contribution in [-0.2, 0) is 41.5 Å². The second kappa shape index (κ2) is 13.3. The number of hydrogen-bond acceptors (Lipinski definition) is 12. The monoisotopic (exact) mass is 532 g/mol. The first-order valence-corrected chi connectivity index (χ1v) is 14.7. The van der Waals surface area contributed by atoms with E-state index in [1.807, 2.05) is 6.92 Å².